The van der Waals surface area contributed by atoms with E-state index in [9.17, 15) is 0 Å². The monoisotopic (exact) mass is 370 g/mol. The summed E-state index contributed by atoms with van der Waals surface area (Å²) in [6.45, 7) is 8.74. The van der Waals surface area contributed by atoms with E-state index < -0.39 is 0 Å². The summed E-state index contributed by atoms with van der Waals surface area (Å²) in [6.07, 6.45) is 2.61. The average molecular weight is 370 g/mol. The molecule has 0 amide bonds. The van der Waals surface area contributed by atoms with Crippen molar-refractivity contribution in [2.24, 2.45) is 5.92 Å². The molecule has 2 unspecified atom stereocenters. The van der Waals surface area contributed by atoms with E-state index in [0.717, 1.165) is 54.8 Å². The maximum atomic E-state index is 6.04. The lowest BCUT2D eigenvalue weighted by Crippen LogP contribution is -2.49. The molecule has 2 aliphatic rings. The highest BCUT2D eigenvalue weighted by atomic mass is 16.5. The third-order valence-electron chi connectivity index (χ3n) is 5.60. The Kier molecular flexibility index (Phi) is 5.45. The van der Waals surface area contributed by atoms with E-state index in [2.05, 4.69) is 29.7 Å². The van der Waals surface area contributed by atoms with Gasteiger partial charge in [-0.1, -0.05) is 19.1 Å². The van der Waals surface area contributed by atoms with Gasteiger partial charge in [-0.25, -0.2) is 9.97 Å². The van der Waals surface area contributed by atoms with Crippen molar-refractivity contribution < 1.29 is 9.47 Å². The first-order valence-corrected chi connectivity index (χ1v) is 10.0. The molecular formula is C21H30N4O2. The second-order valence-electron chi connectivity index (χ2n) is 7.96. The van der Waals surface area contributed by atoms with Crippen LogP contribution in [0, 0.1) is 5.92 Å². The third-order valence-corrected chi connectivity index (χ3v) is 5.60. The molecule has 2 fully saturated rings. The number of piperidine rings is 1. The molecule has 27 heavy (non-hydrogen) atoms. The molecule has 2 saturated heterocycles. The summed E-state index contributed by atoms with van der Waals surface area (Å²) in [6, 6.07) is 8.16. The van der Waals surface area contributed by atoms with Crippen LogP contribution in [0.25, 0.3) is 11.0 Å². The predicted octanol–water partition coefficient (Wildman–Crippen LogP) is 3.11. The maximum absolute atomic E-state index is 6.04. The summed E-state index contributed by atoms with van der Waals surface area (Å²) in [5.74, 6) is 2.79. The average Bonchev–Trinajstić information content (AvgIpc) is 2.67. The fourth-order valence-electron chi connectivity index (χ4n) is 4.12. The van der Waals surface area contributed by atoms with Crippen LogP contribution in [0.15, 0.2) is 24.3 Å². The van der Waals surface area contributed by atoms with Crippen molar-refractivity contribution in [3.8, 4) is 0 Å². The normalized spacial score (nSPS) is 24.6. The number of aromatic nitrogens is 2. The first-order valence-electron chi connectivity index (χ1n) is 10.0. The maximum Gasteiger partial charge on any atom is 0.172 e. The molecule has 6 heteroatoms. The Hall–Kier alpha value is -1.92. The second kappa shape index (κ2) is 7.98. The molecule has 146 valence electrons. The molecule has 0 aliphatic carbocycles. The molecule has 6 nitrogen and oxygen atoms in total. The Morgan fingerprint density at radius 2 is 1.63 bits per heavy atom. The first-order chi connectivity index (χ1) is 13.1. The number of rotatable bonds is 4. The zero-order valence-corrected chi connectivity index (χ0v) is 16.6. The van der Waals surface area contributed by atoms with Crippen molar-refractivity contribution in [3.63, 3.8) is 0 Å². The highest BCUT2D eigenvalue weighted by Gasteiger charge is 2.30. The molecule has 0 bridgehead atoms. The van der Waals surface area contributed by atoms with Gasteiger partial charge in [0.2, 0.25) is 0 Å². The Morgan fingerprint density at radius 1 is 1.00 bits per heavy atom. The number of methoxy groups -OCH3 is 1. The van der Waals surface area contributed by atoms with Crippen LogP contribution in [0.5, 0.6) is 0 Å². The number of hydrogen-bond donors (Lipinski definition) is 0. The van der Waals surface area contributed by atoms with Gasteiger partial charge in [0.1, 0.15) is 0 Å². The van der Waals surface area contributed by atoms with Crippen molar-refractivity contribution in [2.75, 3.05) is 49.7 Å². The van der Waals surface area contributed by atoms with Gasteiger partial charge in [0.05, 0.1) is 29.8 Å². The summed E-state index contributed by atoms with van der Waals surface area (Å²) >= 11 is 0. The predicted molar refractivity (Wildman–Crippen MR) is 109 cm³/mol. The van der Waals surface area contributed by atoms with Gasteiger partial charge in [0.25, 0.3) is 0 Å². The minimum Gasteiger partial charge on any atom is -0.382 e. The summed E-state index contributed by atoms with van der Waals surface area (Å²) in [5.41, 5.74) is 1.91. The van der Waals surface area contributed by atoms with Crippen LogP contribution in [0.2, 0.25) is 0 Å². The van der Waals surface area contributed by atoms with E-state index in [0.29, 0.717) is 6.61 Å². The fourth-order valence-corrected chi connectivity index (χ4v) is 4.12. The van der Waals surface area contributed by atoms with Crippen LogP contribution in [0.3, 0.4) is 0 Å². The number of fused-ring (bicyclic) bond motifs is 1. The number of benzene rings is 1. The molecule has 2 atom stereocenters. The van der Waals surface area contributed by atoms with Crippen LogP contribution in [0.1, 0.15) is 26.7 Å². The van der Waals surface area contributed by atoms with Gasteiger partial charge in [0.15, 0.2) is 11.6 Å². The van der Waals surface area contributed by atoms with E-state index in [-0.39, 0.29) is 12.2 Å². The van der Waals surface area contributed by atoms with E-state index in [1.165, 1.54) is 12.8 Å². The summed E-state index contributed by atoms with van der Waals surface area (Å²) < 4.78 is 11.4. The van der Waals surface area contributed by atoms with E-state index in [1.807, 2.05) is 18.2 Å². The summed E-state index contributed by atoms with van der Waals surface area (Å²) in [7, 11) is 1.73. The van der Waals surface area contributed by atoms with Gasteiger partial charge in [0, 0.05) is 33.3 Å². The minimum atomic E-state index is 0.0567. The third kappa shape index (κ3) is 4.01. The number of nitrogens with zero attached hydrogens (tertiary/aromatic N) is 4. The molecule has 0 saturated carbocycles. The Labute approximate surface area is 161 Å². The van der Waals surface area contributed by atoms with Gasteiger partial charge in [-0.2, -0.15) is 0 Å². The topological polar surface area (TPSA) is 50.7 Å². The smallest absolute Gasteiger partial charge is 0.172 e. The van der Waals surface area contributed by atoms with Gasteiger partial charge in [-0.15, -0.1) is 0 Å². The zero-order valence-electron chi connectivity index (χ0n) is 16.6. The Bertz CT molecular complexity index is 776. The molecule has 2 aromatic rings. The van der Waals surface area contributed by atoms with Crippen LogP contribution < -0.4 is 9.80 Å². The molecule has 0 radical (unpaired) electrons. The van der Waals surface area contributed by atoms with Crippen molar-refractivity contribution in [1.29, 1.82) is 0 Å². The molecule has 3 heterocycles. The molecule has 2 aliphatic heterocycles. The molecule has 1 aromatic carbocycles. The second-order valence-corrected chi connectivity index (χ2v) is 7.96. The molecule has 0 spiro atoms. The largest absolute Gasteiger partial charge is 0.382 e. The van der Waals surface area contributed by atoms with Crippen molar-refractivity contribution in [2.45, 2.75) is 38.9 Å². The lowest BCUT2D eigenvalue weighted by molar-refractivity contribution is -0.0512. The van der Waals surface area contributed by atoms with Crippen LogP contribution in [-0.2, 0) is 9.47 Å². The SMILES string of the molecule is COCC1CN(c2nc3ccccc3nc2N2CCC(C)CC2)CC(C)O1. The molecular weight excluding hydrogens is 340 g/mol. The Morgan fingerprint density at radius 3 is 2.26 bits per heavy atom. The molecule has 0 N–H and O–H groups in total. The minimum absolute atomic E-state index is 0.0567. The highest BCUT2D eigenvalue weighted by Crippen LogP contribution is 2.32. The lowest BCUT2D eigenvalue weighted by Gasteiger charge is -2.39. The van der Waals surface area contributed by atoms with Crippen LogP contribution in [-0.4, -0.2) is 62.1 Å². The van der Waals surface area contributed by atoms with E-state index in [4.69, 9.17) is 19.4 Å². The van der Waals surface area contributed by atoms with Gasteiger partial charge in [-0.05, 0) is 37.8 Å². The fraction of sp³-hybridized carbons (Fsp3) is 0.619. The lowest BCUT2D eigenvalue weighted by atomic mass is 9.99. The summed E-state index contributed by atoms with van der Waals surface area (Å²) in [4.78, 5) is 14.8. The van der Waals surface area contributed by atoms with E-state index >= 15 is 0 Å². The van der Waals surface area contributed by atoms with Crippen molar-refractivity contribution in [1.82, 2.24) is 9.97 Å². The highest BCUT2D eigenvalue weighted by molar-refractivity contribution is 5.81. The zero-order chi connectivity index (χ0) is 18.8. The van der Waals surface area contributed by atoms with Crippen molar-refractivity contribution in [3.05, 3.63) is 24.3 Å². The van der Waals surface area contributed by atoms with Gasteiger partial charge in [-0.3, -0.25) is 0 Å². The summed E-state index contributed by atoms with van der Waals surface area (Å²) in [5, 5.41) is 0. The Balaban J connectivity index is 1.72. The standard InChI is InChI=1S/C21H30N4O2/c1-15-8-10-24(11-9-15)20-21(23-19-7-5-4-6-18(19)22-20)25-12-16(2)27-17(13-25)14-26-3/h4-7,15-17H,8-14H2,1-3H3. The molecule has 4 rings (SSSR count). The van der Waals surface area contributed by atoms with Gasteiger partial charge < -0.3 is 19.3 Å². The van der Waals surface area contributed by atoms with Crippen LogP contribution in [0.4, 0.5) is 11.6 Å². The van der Waals surface area contributed by atoms with Crippen molar-refractivity contribution >= 4 is 22.7 Å². The van der Waals surface area contributed by atoms with Gasteiger partial charge >= 0.3 is 0 Å². The number of ether oxygens (including phenoxy) is 2. The quantitative estimate of drug-likeness (QED) is 0.824. The van der Waals surface area contributed by atoms with Crippen LogP contribution >= 0.6 is 0 Å². The first kappa shape index (κ1) is 18.4. The number of hydrogen-bond acceptors (Lipinski definition) is 6. The number of morpholine rings is 1. The molecule has 1 aromatic heterocycles. The van der Waals surface area contributed by atoms with E-state index in [1.54, 1.807) is 7.11 Å². The number of para-hydroxylation sites is 2. The number of anilines is 2.